The summed E-state index contributed by atoms with van der Waals surface area (Å²) < 4.78 is 0.588. The van der Waals surface area contributed by atoms with Crippen LogP contribution in [0.1, 0.15) is 15.8 Å². The van der Waals surface area contributed by atoms with Crippen molar-refractivity contribution >= 4 is 14.1 Å². The van der Waals surface area contributed by atoms with E-state index in [0.717, 1.165) is 0 Å². The van der Waals surface area contributed by atoms with Gasteiger partial charge in [-0.25, -0.2) is 0 Å². The molecule has 0 nitrogen and oxygen atoms in total. The van der Waals surface area contributed by atoms with Gasteiger partial charge in [0.1, 0.15) is 0 Å². The van der Waals surface area contributed by atoms with Crippen LogP contribution >= 0.6 is 0 Å². The fraction of sp³-hybridized carbons (Fsp3) is 0.333. The first-order chi connectivity index (χ1) is 6.50. The van der Waals surface area contributed by atoms with Crippen LogP contribution in [0, 0.1) is 0 Å². The minimum absolute atomic E-state index is 0. The normalized spacial score (nSPS) is 17.9. The Hall–Kier alpha value is 0.341. The van der Waals surface area contributed by atoms with Crippen LogP contribution in [-0.2, 0) is 17.4 Å². The Morgan fingerprint density at radius 2 is 1.62 bits per heavy atom. The van der Waals surface area contributed by atoms with Gasteiger partial charge in [-0.05, 0) is 0 Å². The van der Waals surface area contributed by atoms with E-state index in [1.54, 1.807) is 5.20 Å². The standard InChI is InChI=1S/C12H15Si.2ClH.V/c1-13(2,3)12-8-10-6-4-5-7-11(10)9-12;;;/h4-9H,1-3H3;2*1H;/q;;;+2/p-2. The predicted molar refractivity (Wildman–Crippen MR) is 60.5 cm³/mol. The van der Waals surface area contributed by atoms with Crippen molar-refractivity contribution in [2.75, 3.05) is 0 Å². The molecule has 4 heteroatoms. The first-order valence-electron chi connectivity index (χ1n) is 4.99. The molecule has 1 atom stereocenters. The molecule has 0 fully saturated rings. The van der Waals surface area contributed by atoms with Crippen LogP contribution in [0.5, 0.6) is 0 Å². The molecule has 1 aliphatic carbocycles. The summed E-state index contributed by atoms with van der Waals surface area (Å²) in [4.78, 5) is 0. The fourth-order valence-electron chi connectivity index (χ4n) is 1.93. The summed E-state index contributed by atoms with van der Waals surface area (Å²) in [5.41, 5.74) is 2.92. The Labute approximate surface area is 121 Å². The van der Waals surface area contributed by atoms with Gasteiger partial charge in [0.2, 0.25) is 0 Å². The fourth-order valence-corrected chi connectivity index (χ4v) is 5.79. The van der Waals surface area contributed by atoms with Crippen LogP contribution in [0.3, 0.4) is 0 Å². The number of benzene rings is 1. The Balaban J connectivity index is 0.00000112. The maximum atomic E-state index is 2.83. The molecule has 16 heavy (non-hydrogen) atoms. The number of hydrogen-bond donors (Lipinski definition) is 0. The van der Waals surface area contributed by atoms with Crippen LogP contribution in [0.25, 0.3) is 6.08 Å². The van der Waals surface area contributed by atoms with Gasteiger partial charge in [-0.3, -0.25) is 0 Å². The number of halogens is 2. The van der Waals surface area contributed by atoms with Gasteiger partial charge in [0.25, 0.3) is 0 Å². The molecule has 0 saturated heterocycles. The van der Waals surface area contributed by atoms with E-state index in [2.05, 4.69) is 67.4 Å². The molecule has 1 aromatic rings. The van der Waals surface area contributed by atoms with E-state index in [1.165, 1.54) is 11.1 Å². The minimum Gasteiger partial charge on any atom is -1.00 e. The third-order valence-electron chi connectivity index (χ3n) is 2.76. The molecule has 1 aromatic carbocycles. The summed E-state index contributed by atoms with van der Waals surface area (Å²) in [5, 5.41) is 1.67. The van der Waals surface area contributed by atoms with Gasteiger partial charge in [0, 0.05) is 0 Å². The second-order valence-electron chi connectivity index (χ2n) is 4.88. The number of allylic oxidation sites excluding steroid dienone is 1. The molecule has 0 aliphatic heterocycles. The first-order valence-corrected chi connectivity index (χ1v) is 9.30. The summed E-state index contributed by atoms with van der Waals surface area (Å²) in [7, 11) is -1.14. The van der Waals surface area contributed by atoms with Gasteiger partial charge >= 0.3 is 96.4 Å². The van der Waals surface area contributed by atoms with Crippen LogP contribution in [0.15, 0.2) is 29.5 Å². The van der Waals surface area contributed by atoms with Crippen molar-refractivity contribution in [2.45, 2.75) is 24.3 Å². The van der Waals surface area contributed by atoms with Gasteiger partial charge < -0.3 is 24.8 Å². The van der Waals surface area contributed by atoms with Crippen molar-refractivity contribution in [3.8, 4) is 0 Å². The molecule has 0 heterocycles. The maximum Gasteiger partial charge on any atom is -1.00 e. The molecule has 0 N–H and O–H groups in total. The Morgan fingerprint density at radius 3 is 2.12 bits per heavy atom. The SMILES string of the molecule is C[Si](C)(C)C1=Cc2ccccc2[CH]1[V+2].[Cl-].[Cl-]. The molecule has 0 spiro atoms. The average molecular weight is 309 g/mol. The van der Waals surface area contributed by atoms with Crippen molar-refractivity contribution in [2.24, 2.45) is 0 Å². The maximum absolute atomic E-state index is 2.83. The first kappa shape index (κ1) is 16.3. The van der Waals surface area contributed by atoms with E-state index >= 15 is 0 Å². The van der Waals surface area contributed by atoms with E-state index < -0.39 is 8.07 Å². The summed E-state index contributed by atoms with van der Waals surface area (Å²) >= 11 is 2.83. The molecule has 1 aliphatic rings. The van der Waals surface area contributed by atoms with Crippen molar-refractivity contribution in [1.82, 2.24) is 0 Å². The number of hydrogen-bond acceptors (Lipinski definition) is 0. The van der Waals surface area contributed by atoms with E-state index in [-0.39, 0.29) is 24.8 Å². The number of fused-ring (bicyclic) bond motifs is 1. The van der Waals surface area contributed by atoms with Gasteiger partial charge in [-0.15, -0.1) is 0 Å². The zero-order valence-electron chi connectivity index (χ0n) is 9.67. The largest absolute Gasteiger partial charge is 1.00 e. The van der Waals surface area contributed by atoms with Crippen LogP contribution in [0.4, 0.5) is 0 Å². The number of rotatable bonds is 1. The van der Waals surface area contributed by atoms with Crippen LogP contribution < -0.4 is 24.8 Å². The van der Waals surface area contributed by atoms with Gasteiger partial charge in [0.05, 0.1) is 0 Å². The van der Waals surface area contributed by atoms with E-state index in [9.17, 15) is 0 Å². The zero-order chi connectivity index (χ0) is 10.3. The molecule has 1 unspecified atom stereocenters. The Kier molecular flexibility index (Phi) is 5.92. The molecule has 86 valence electrons. The Bertz CT molecular complexity index is 396. The topological polar surface area (TPSA) is 0 Å². The molecular weight excluding hydrogens is 294 g/mol. The van der Waals surface area contributed by atoms with Crippen LogP contribution in [-0.4, -0.2) is 8.07 Å². The molecule has 0 aromatic heterocycles. The van der Waals surface area contributed by atoms with Crippen molar-refractivity contribution in [3.63, 3.8) is 0 Å². The molecule has 2 rings (SSSR count). The third kappa shape index (κ3) is 2.97. The van der Waals surface area contributed by atoms with Crippen LogP contribution in [0.2, 0.25) is 19.6 Å². The third-order valence-corrected chi connectivity index (χ3v) is 6.18. The summed E-state index contributed by atoms with van der Waals surface area (Å²) in [6.45, 7) is 7.27. The van der Waals surface area contributed by atoms with E-state index in [0.29, 0.717) is 4.63 Å². The second kappa shape index (κ2) is 5.79. The van der Waals surface area contributed by atoms with Crippen molar-refractivity contribution in [3.05, 3.63) is 40.6 Å². The van der Waals surface area contributed by atoms with Gasteiger partial charge in [-0.2, -0.15) is 0 Å². The smallest absolute Gasteiger partial charge is 1.00 e. The molecule has 0 radical (unpaired) electrons. The van der Waals surface area contributed by atoms with Crippen molar-refractivity contribution in [1.29, 1.82) is 0 Å². The second-order valence-corrected chi connectivity index (χ2v) is 10.8. The Morgan fingerprint density at radius 1 is 1.06 bits per heavy atom. The minimum atomic E-state index is -1.14. The monoisotopic (exact) mass is 308 g/mol. The van der Waals surface area contributed by atoms with Crippen molar-refractivity contribution < 1.29 is 42.2 Å². The molecule has 0 bridgehead atoms. The quantitative estimate of drug-likeness (QED) is 0.506. The van der Waals surface area contributed by atoms with Gasteiger partial charge in [0.15, 0.2) is 0 Å². The summed E-state index contributed by atoms with van der Waals surface area (Å²) in [6, 6.07) is 8.74. The van der Waals surface area contributed by atoms with E-state index in [4.69, 9.17) is 0 Å². The molecule has 0 saturated carbocycles. The zero-order valence-corrected chi connectivity index (χ0v) is 13.6. The predicted octanol–water partition coefficient (Wildman–Crippen LogP) is -2.44. The molecular formula is C12H15Cl2SiV. The summed E-state index contributed by atoms with van der Waals surface area (Å²) in [6.07, 6.45) is 2.41. The van der Waals surface area contributed by atoms with Gasteiger partial charge in [-0.1, -0.05) is 0 Å². The molecule has 0 amide bonds. The van der Waals surface area contributed by atoms with E-state index in [1.807, 2.05) is 0 Å². The summed E-state index contributed by atoms with van der Waals surface area (Å²) in [5.74, 6) is 0. The average Bonchev–Trinajstić information content (AvgIpc) is 2.44.